The average molecular weight is 193 g/mol. The Morgan fingerprint density at radius 1 is 1.57 bits per heavy atom. The first-order valence-electron chi connectivity index (χ1n) is 5.52. The van der Waals surface area contributed by atoms with Gasteiger partial charge in [-0.15, -0.1) is 0 Å². The zero-order valence-electron chi connectivity index (χ0n) is 9.26. The van der Waals surface area contributed by atoms with Crippen molar-refractivity contribution < 1.29 is 4.42 Å². The molecule has 1 aromatic heterocycles. The van der Waals surface area contributed by atoms with E-state index in [4.69, 9.17) is 4.42 Å². The molecule has 0 bridgehead atoms. The SMILES string of the molecule is CCC1(C(C)C)NCCc2occc21. The number of hydrogen-bond acceptors (Lipinski definition) is 2. The van der Waals surface area contributed by atoms with Gasteiger partial charge in [0.25, 0.3) is 0 Å². The predicted molar refractivity (Wildman–Crippen MR) is 57.2 cm³/mol. The second-order valence-corrected chi connectivity index (χ2v) is 4.41. The summed E-state index contributed by atoms with van der Waals surface area (Å²) < 4.78 is 5.52. The third kappa shape index (κ3) is 1.21. The van der Waals surface area contributed by atoms with Crippen molar-refractivity contribution in [2.24, 2.45) is 5.92 Å². The van der Waals surface area contributed by atoms with Crippen LogP contribution >= 0.6 is 0 Å². The Balaban J connectivity index is 2.47. The van der Waals surface area contributed by atoms with Crippen LogP contribution < -0.4 is 5.32 Å². The molecule has 0 amide bonds. The van der Waals surface area contributed by atoms with Gasteiger partial charge in [-0.2, -0.15) is 0 Å². The first kappa shape index (κ1) is 9.78. The predicted octanol–water partition coefficient (Wildman–Crippen LogP) is 2.69. The molecular formula is C12H19NO. The van der Waals surface area contributed by atoms with Crippen LogP contribution in [0.5, 0.6) is 0 Å². The average Bonchev–Trinajstić information content (AvgIpc) is 2.64. The Bertz CT molecular complexity index is 316. The molecule has 1 aliphatic heterocycles. The van der Waals surface area contributed by atoms with Crippen LogP contribution in [0.25, 0.3) is 0 Å². The van der Waals surface area contributed by atoms with Crippen LogP contribution in [0.1, 0.15) is 38.5 Å². The minimum atomic E-state index is 0.139. The third-order valence-electron chi connectivity index (χ3n) is 3.56. The van der Waals surface area contributed by atoms with Crippen LogP contribution in [0.2, 0.25) is 0 Å². The summed E-state index contributed by atoms with van der Waals surface area (Å²) in [6, 6.07) is 2.13. The van der Waals surface area contributed by atoms with Crippen LogP contribution in [0.3, 0.4) is 0 Å². The Kier molecular flexibility index (Phi) is 2.40. The van der Waals surface area contributed by atoms with Gasteiger partial charge in [0.2, 0.25) is 0 Å². The summed E-state index contributed by atoms with van der Waals surface area (Å²) in [5.41, 5.74) is 1.52. The number of fused-ring (bicyclic) bond motifs is 1. The van der Waals surface area contributed by atoms with Crippen LogP contribution in [-0.4, -0.2) is 6.54 Å². The summed E-state index contributed by atoms with van der Waals surface area (Å²) in [4.78, 5) is 0. The highest BCUT2D eigenvalue weighted by Crippen LogP contribution is 2.38. The van der Waals surface area contributed by atoms with Gasteiger partial charge in [-0.25, -0.2) is 0 Å². The lowest BCUT2D eigenvalue weighted by atomic mass is 9.75. The van der Waals surface area contributed by atoms with Crippen molar-refractivity contribution in [2.45, 2.75) is 39.2 Å². The maximum atomic E-state index is 5.52. The van der Waals surface area contributed by atoms with Gasteiger partial charge >= 0.3 is 0 Å². The van der Waals surface area contributed by atoms with Crippen molar-refractivity contribution in [1.29, 1.82) is 0 Å². The Labute approximate surface area is 85.7 Å². The molecule has 1 aromatic rings. The normalized spacial score (nSPS) is 26.6. The minimum absolute atomic E-state index is 0.139. The van der Waals surface area contributed by atoms with Crippen molar-refractivity contribution >= 4 is 0 Å². The monoisotopic (exact) mass is 193 g/mol. The zero-order valence-corrected chi connectivity index (χ0v) is 9.26. The highest BCUT2D eigenvalue weighted by Gasteiger charge is 2.38. The van der Waals surface area contributed by atoms with E-state index in [-0.39, 0.29) is 5.54 Å². The van der Waals surface area contributed by atoms with E-state index < -0.39 is 0 Å². The molecule has 2 rings (SSSR count). The first-order chi connectivity index (χ1) is 6.70. The fourth-order valence-electron chi connectivity index (χ4n) is 2.66. The summed E-state index contributed by atoms with van der Waals surface area (Å²) in [6.45, 7) is 7.83. The second kappa shape index (κ2) is 3.43. The quantitative estimate of drug-likeness (QED) is 0.781. The van der Waals surface area contributed by atoms with Gasteiger partial charge in [-0.05, 0) is 18.4 Å². The molecule has 0 aliphatic carbocycles. The molecule has 1 N–H and O–H groups in total. The summed E-state index contributed by atoms with van der Waals surface area (Å²) in [5, 5.41) is 3.66. The highest BCUT2D eigenvalue weighted by atomic mass is 16.3. The Morgan fingerprint density at radius 3 is 3.00 bits per heavy atom. The molecule has 0 fully saturated rings. The van der Waals surface area contributed by atoms with Crippen molar-refractivity contribution in [3.63, 3.8) is 0 Å². The molecule has 0 radical (unpaired) electrons. The third-order valence-corrected chi connectivity index (χ3v) is 3.56. The topological polar surface area (TPSA) is 25.2 Å². The smallest absolute Gasteiger partial charge is 0.110 e. The molecule has 0 aromatic carbocycles. The van der Waals surface area contributed by atoms with Gasteiger partial charge in [0.1, 0.15) is 5.76 Å². The maximum Gasteiger partial charge on any atom is 0.110 e. The molecule has 2 nitrogen and oxygen atoms in total. The van der Waals surface area contributed by atoms with Gasteiger partial charge in [0.05, 0.1) is 6.26 Å². The molecule has 2 heterocycles. The van der Waals surface area contributed by atoms with E-state index in [2.05, 4.69) is 32.2 Å². The van der Waals surface area contributed by atoms with E-state index in [9.17, 15) is 0 Å². The maximum absolute atomic E-state index is 5.52. The first-order valence-corrected chi connectivity index (χ1v) is 5.52. The van der Waals surface area contributed by atoms with Crippen molar-refractivity contribution in [1.82, 2.24) is 5.32 Å². The fourth-order valence-corrected chi connectivity index (χ4v) is 2.66. The highest BCUT2D eigenvalue weighted by molar-refractivity contribution is 5.30. The summed E-state index contributed by atoms with van der Waals surface area (Å²) in [5.74, 6) is 1.78. The molecule has 0 spiro atoms. The van der Waals surface area contributed by atoms with Gasteiger partial charge in [-0.1, -0.05) is 20.8 Å². The van der Waals surface area contributed by atoms with Gasteiger partial charge in [0.15, 0.2) is 0 Å². The minimum Gasteiger partial charge on any atom is -0.469 e. The van der Waals surface area contributed by atoms with E-state index in [0.29, 0.717) is 5.92 Å². The molecule has 14 heavy (non-hydrogen) atoms. The molecule has 1 atom stereocenters. The van der Waals surface area contributed by atoms with Crippen LogP contribution in [0.15, 0.2) is 16.7 Å². The number of rotatable bonds is 2. The van der Waals surface area contributed by atoms with E-state index in [1.54, 1.807) is 0 Å². The Morgan fingerprint density at radius 2 is 2.36 bits per heavy atom. The van der Waals surface area contributed by atoms with Gasteiger partial charge in [-0.3, -0.25) is 0 Å². The van der Waals surface area contributed by atoms with Crippen molar-refractivity contribution in [3.8, 4) is 0 Å². The lowest BCUT2D eigenvalue weighted by Gasteiger charge is -2.41. The molecule has 1 unspecified atom stereocenters. The number of hydrogen-bond donors (Lipinski definition) is 1. The van der Waals surface area contributed by atoms with Gasteiger partial charge in [0, 0.05) is 24.1 Å². The number of furan rings is 1. The largest absolute Gasteiger partial charge is 0.469 e. The fraction of sp³-hybridized carbons (Fsp3) is 0.667. The molecule has 78 valence electrons. The van der Waals surface area contributed by atoms with Gasteiger partial charge < -0.3 is 9.73 Å². The standard InChI is InChI=1S/C12H19NO/c1-4-12(9(2)3)10-6-8-14-11(10)5-7-13-12/h6,8-9,13H,4-5,7H2,1-3H3. The van der Waals surface area contributed by atoms with Crippen molar-refractivity contribution in [3.05, 3.63) is 23.7 Å². The lowest BCUT2D eigenvalue weighted by molar-refractivity contribution is 0.209. The lowest BCUT2D eigenvalue weighted by Crippen LogP contribution is -2.50. The van der Waals surface area contributed by atoms with E-state index in [1.807, 2.05) is 6.26 Å². The van der Waals surface area contributed by atoms with E-state index in [0.717, 1.165) is 19.4 Å². The van der Waals surface area contributed by atoms with Crippen LogP contribution in [0.4, 0.5) is 0 Å². The van der Waals surface area contributed by atoms with Crippen molar-refractivity contribution in [2.75, 3.05) is 6.54 Å². The van der Waals surface area contributed by atoms with E-state index in [1.165, 1.54) is 11.3 Å². The summed E-state index contributed by atoms with van der Waals surface area (Å²) in [7, 11) is 0. The Hall–Kier alpha value is -0.760. The van der Waals surface area contributed by atoms with Crippen LogP contribution in [0, 0.1) is 5.92 Å². The molecule has 1 aliphatic rings. The second-order valence-electron chi connectivity index (χ2n) is 4.41. The molecule has 2 heteroatoms. The summed E-state index contributed by atoms with van der Waals surface area (Å²) in [6.07, 6.45) is 3.97. The van der Waals surface area contributed by atoms with Crippen LogP contribution in [-0.2, 0) is 12.0 Å². The molecule has 0 saturated carbocycles. The zero-order chi connectivity index (χ0) is 10.2. The number of nitrogens with one attached hydrogen (secondary N) is 1. The van der Waals surface area contributed by atoms with E-state index >= 15 is 0 Å². The molecule has 0 saturated heterocycles. The summed E-state index contributed by atoms with van der Waals surface area (Å²) >= 11 is 0. The molecular weight excluding hydrogens is 174 g/mol.